The lowest BCUT2D eigenvalue weighted by molar-refractivity contribution is -0.137. The molecule has 0 radical (unpaired) electrons. The summed E-state index contributed by atoms with van der Waals surface area (Å²) >= 11 is 0. The molecule has 3 atom stereocenters. The van der Waals surface area contributed by atoms with Gasteiger partial charge in [-0.2, -0.15) is 0 Å². The van der Waals surface area contributed by atoms with Gasteiger partial charge in [-0.05, 0) is 41.5 Å². The summed E-state index contributed by atoms with van der Waals surface area (Å²) in [5.74, 6) is -0.883. The van der Waals surface area contributed by atoms with Gasteiger partial charge in [0, 0.05) is 6.42 Å². The summed E-state index contributed by atoms with van der Waals surface area (Å²) in [4.78, 5) is 23.4. The molecular formula is C20H20FNO3. The molecule has 0 bridgehead atoms. The van der Waals surface area contributed by atoms with Gasteiger partial charge in [0.2, 0.25) is 5.91 Å². The van der Waals surface area contributed by atoms with Crippen LogP contribution in [0, 0.1) is 11.7 Å². The maximum atomic E-state index is 13.1. The number of amides is 1. The molecule has 1 aliphatic rings. The molecule has 0 aliphatic heterocycles. The van der Waals surface area contributed by atoms with Crippen LogP contribution in [-0.2, 0) is 9.59 Å². The first kappa shape index (κ1) is 17.1. The lowest BCUT2D eigenvalue weighted by Gasteiger charge is -2.17. The summed E-state index contributed by atoms with van der Waals surface area (Å²) in [5.41, 5.74) is 1.83. The lowest BCUT2D eigenvalue weighted by Crippen LogP contribution is -2.30. The molecule has 5 heteroatoms. The minimum atomic E-state index is -1.01. The quantitative estimate of drug-likeness (QED) is 0.808. The number of carbonyl (C=O) groups excluding carboxylic acids is 1. The molecule has 2 N–H and O–H groups in total. The summed E-state index contributed by atoms with van der Waals surface area (Å²) in [5, 5.41) is 11.9. The van der Waals surface area contributed by atoms with E-state index in [-0.39, 0.29) is 12.3 Å². The summed E-state index contributed by atoms with van der Waals surface area (Å²) < 4.78 is 13.1. The Kier molecular flexibility index (Phi) is 5.12. The zero-order chi connectivity index (χ0) is 17.8. The molecule has 3 rings (SSSR count). The van der Waals surface area contributed by atoms with Gasteiger partial charge in [-0.3, -0.25) is 9.59 Å². The van der Waals surface area contributed by atoms with Crippen molar-refractivity contribution < 1.29 is 19.1 Å². The molecule has 1 amide bonds. The molecule has 1 saturated carbocycles. The third-order valence-corrected chi connectivity index (χ3v) is 4.58. The lowest BCUT2D eigenvalue weighted by atomic mass is 10.0. The highest BCUT2D eigenvalue weighted by Crippen LogP contribution is 2.49. The van der Waals surface area contributed by atoms with Crippen molar-refractivity contribution >= 4 is 11.9 Å². The van der Waals surface area contributed by atoms with Gasteiger partial charge in [0.1, 0.15) is 5.82 Å². The van der Waals surface area contributed by atoms with Gasteiger partial charge >= 0.3 is 5.97 Å². The SMILES string of the molecule is O=C(O)CC(NC(=O)C[C@@H]1C[C@H]1c1ccccc1)c1ccc(F)cc1. The number of rotatable bonds is 7. The largest absolute Gasteiger partial charge is 0.481 e. The highest BCUT2D eigenvalue weighted by molar-refractivity contribution is 5.78. The summed E-state index contributed by atoms with van der Waals surface area (Å²) in [6.45, 7) is 0. The molecule has 4 nitrogen and oxygen atoms in total. The van der Waals surface area contributed by atoms with Gasteiger partial charge in [0.25, 0.3) is 0 Å². The van der Waals surface area contributed by atoms with Crippen molar-refractivity contribution in [2.45, 2.75) is 31.2 Å². The van der Waals surface area contributed by atoms with Gasteiger partial charge in [-0.25, -0.2) is 4.39 Å². The van der Waals surface area contributed by atoms with Crippen LogP contribution in [0.5, 0.6) is 0 Å². The summed E-state index contributed by atoms with van der Waals surface area (Å²) in [7, 11) is 0. The highest BCUT2D eigenvalue weighted by Gasteiger charge is 2.39. The molecule has 0 aromatic heterocycles. The second-order valence-electron chi connectivity index (χ2n) is 6.49. The average Bonchev–Trinajstić information content (AvgIpc) is 3.34. The number of nitrogens with one attached hydrogen (secondary N) is 1. The first-order valence-electron chi connectivity index (χ1n) is 8.34. The molecular weight excluding hydrogens is 321 g/mol. The van der Waals surface area contributed by atoms with Gasteiger partial charge in [-0.15, -0.1) is 0 Å². The van der Waals surface area contributed by atoms with Crippen LogP contribution >= 0.6 is 0 Å². The van der Waals surface area contributed by atoms with Crippen molar-refractivity contribution in [3.05, 3.63) is 71.5 Å². The predicted octanol–water partition coefficient (Wildman–Crippen LogP) is 3.65. The van der Waals surface area contributed by atoms with Crippen molar-refractivity contribution in [3.63, 3.8) is 0 Å². The van der Waals surface area contributed by atoms with Gasteiger partial charge in [0.15, 0.2) is 0 Å². The molecule has 0 heterocycles. The molecule has 2 aromatic carbocycles. The van der Waals surface area contributed by atoms with Crippen molar-refractivity contribution in [1.29, 1.82) is 0 Å². The Bertz CT molecular complexity index is 745. The predicted molar refractivity (Wildman–Crippen MR) is 91.4 cm³/mol. The Morgan fingerprint density at radius 1 is 1.12 bits per heavy atom. The van der Waals surface area contributed by atoms with Crippen LogP contribution in [0.3, 0.4) is 0 Å². The zero-order valence-corrected chi connectivity index (χ0v) is 13.7. The molecule has 0 spiro atoms. The van der Waals surface area contributed by atoms with Crippen LogP contribution in [0.15, 0.2) is 54.6 Å². The Hall–Kier alpha value is -2.69. The van der Waals surface area contributed by atoms with Crippen LogP contribution in [0.25, 0.3) is 0 Å². The molecule has 1 aliphatic carbocycles. The van der Waals surface area contributed by atoms with Crippen molar-refractivity contribution in [2.24, 2.45) is 5.92 Å². The van der Waals surface area contributed by atoms with Crippen molar-refractivity contribution in [3.8, 4) is 0 Å². The van der Waals surface area contributed by atoms with E-state index in [9.17, 15) is 14.0 Å². The molecule has 1 unspecified atom stereocenters. The van der Waals surface area contributed by atoms with Crippen molar-refractivity contribution in [2.75, 3.05) is 0 Å². The third-order valence-electron chi connectivity index (χ3n) is 4.58. The fourth-order valence-electron chi connectivity index (χ4n) is 3.19. The van der Waals surface area contributed by atoms with E-state index < -0.39 is 17.8 Å². The molecule has 2 aromatic rings. The van der Waals surface area contributed by atoms with E-state index in [4.69, 9.17) is 5.11 Å². The second kappa shape index (κ2) is 7.47. The van der Waals surface area contributed by atoms with Crippen LogP contribution < -0.4 is 5.32 Å². The second-order valence-corrected chi connectivity index (χ2v) is 6.49. The van der Waals surface area contributed by atoms with Crippen LogP contribution in [0.4, 0.5) is 4.39 Å². The fraction of sp³-hybridized carbons (Fsp3) is 0.300. The summed E-state index contributed by atoms with van der Waals surface area (Å²) in [6.07, 6.45) is 1.11. The molecule has 25 heavy (non-hydrogen) atoms. The normalized spacial score (nSPS) is 19.9. The number of carboxylic acid groups (broad SMARTS) is 1. The van der Waals surface area contributed by atoms with E-state index in [0.717, 1.165) is 6.42 Å². The number of hydrogen-bond acceptors (Lipinski definition) is 2. The Balaban J connectivity index is 1.59. The summed E-state index contributed by atoms with van der Waals surface area (Å²) in [6, 6.07) is 15.0. The average molecular weight is 341 g/mol. The van der Waals surface area contributed by atoms with E-state index in [1.54, 1.807) is 0 Å². The topological polar surface area (TPSA) is 66.4 Å². The van der Waals surface area contributed by atoms with E-state index in [1.165, 1.54) is 29.8 Å². The maximum Gasteiger partial charge on any atom is 0.305 e. The van der Waals surface area contributed by atoms with Gasteiger partial charge in [-0.1, -0.05) is 42.5 Å². The standard InChI is InChI=1S/C20H20FNO3/c21-16-8-6-14(7-9-16)18(12-20(24)25)22-19(23)11-15-10-17(15)13-4-2-1-3-5-13/h1-9,15,17-18H,10-12H2,(H,22,23)(H,24,25)/t15-,17-,18?/m0/s1. The van der Waals surface area contributed by atoms with Crippen molar-refractivity contribution in [1.82, 2.24) is 5.32 Å². The number of hydrogen-bond donors (Lipinski definition) is 2. The van der Waals surface area contributed by atoms with Crippen LogP contribution in [0.1, 0.15) is 42.3 Å². The third kappa shape index (κ3) is 4.66. The van der Waals surface area contributed by atoms with E-state index in [0.29, 0.717) is 23.8 Å². The minimum absolute atomic E-state index is 0.168. The highest BCUT2D eigenvalue weighted by atomic mass is 19.1. The number of benzene rings is 2. The number of halogens is 1. The number of aliphatic carboxylic acids is 1. The minimum Gasteiger partial charge on any atom is -0.481 e. The molecule has 130 valence electrons. The Morgan fingerprint density at radius 3 is 2.44 bits per heavy atom. The van der Waals surface area contributed by atoms with E-state index >= 15 is 0 Å². The Labute approximate surface area is 145 Å². The number of carboxylic acids is 1. The zero-order valence-electron chi connectivity index (χ0n) is 13.7. The first-order valence-corrected chi connectivity index (χ1v) is 8.34. The molecule has 1 fully saturated rings. The maximum absolute atomic E-state index is 13.1. The van der Waals surface area contributed by atoms with Gasteiger partial charge < -0.3 is 10.4 Å². The van der Waals surface area contributed by atoms with E-state index in [1.807, 2.05) is 18.2 Å². The van der Waals surface area contributed by atoms with E-state index in [2.05, 4.69) is 17.4 Å². The van der Waals surface area contributed by atoms with Gasteiger partial charge in [0.05, 0.1) is 12.5 Å². The fourth-order valence-corrected chi connectivity index (χ4v) is 3.19. The van der Waals surface area contributed by atoms with Crippen LogP contribution in [0.2, 0.25) is 0 Å². The monoisotopic (exact) mass is 341 g/mol. The first-order chi connectivity index (χ1) is 12.0. The number of carbonyl (C=O) groups is 2. The molecule has 0 saturated heterocycles. The smallest absolute Gasteiger partial charge is 0.305 e. The Morgan fingerprint density at radius 2 is 1.80 bits per heavy atom. The van der Waals surface area contributed by atoms with Crippen LogP contribution in [-0.4, -0.2) is 17.0 Å².